The molecule has 3 rings (SSSR count). The van der Waals surface area contributed by atoms with Crippen molar-refractivity contribution in [2.75, 3.05) is 26.9 Å². The van der Waals surface area contributed by atoms with Gasteiger partial charge in [-0.1, -0.05) is 24.3 Å². The molecule has 2 atom stereocenters. The second-order valence-electron chi connectivity index (χ2n) is 6.12. The van der Waals surface area contributed by atoms with E-state index in [4.69, 9.17) is 14.2 Å². The molecule has 0 saturated carbocycles. The molecule has 138 valence electrons. The lowest BCUT2D eigenvalue weighted by Crippen LogP contribution is -2.13. The first-order valence-corrected chi connectivity index (χ1v) is 8.70. The van der Waals surface area contributed by atoms with Crippen LogP contribution in [0.5, 0.6) is 17.2 Å². The van der Waals surface area contributed by atoms with Crippen molar-refractivity contribution in [2.45, 2.75) is 18.9 Å². The summed E-state index contributed by atoms with van der Waals surface area (Å²) in [6, 6.07) is 11.1. The first-order valence-electron chi connectivity index (χ1n) is 8.70. The maximum Gasteiger partial charge on any atom is 0.160 e. The van der Waals surface area contributed by atoms with Crippen molar-refractivity contribution >= 4 is 6.08 Å². The van der Waals surface area contributed by atoms with Crippen molar-refractivity contribution in [1.82, 2.24) is 0 Å². The highest BCUT2D eigenvalue weighted by Gasteiger charge is 2.35. The van der Waals surface area contributed by atoms with Crippen molar-refractivity contribution in [3.8, 4) is 17.2 Å². The number of aliphatic hydroxyl groups is 1. The maximum atomic E-state index is 9.96. The van der Waals surface area contributed by atoms with Crippen molar-refractivity contribution < 1.29 is 24.4 Å². The number of phenolic OH excluding ortho intramolecular Hbond substituents is 1. The third-order valence-electron chi connectivity index (χ3n) is 4.51. The summed E-state index contributed by atoms with van der Waals surface area (Å²) in [5.41, 5.74) is 2.86. The molecule has 2 unspecified atom stereocenters. The van der Waals surface area contributed by atoms with Crippen LogP contribution in [-0.2, 0) is 4.74 Å². The van der Waals surface area contributed by atoms with Gasteiger partial charge in [-0.15, -0.1) is 0 Å². The molecule has 0 saturated heterocycles. The summed E-state index contributed by atoms with van der Waals surface area (Å²) in [4.78, 5) is 0. The number of benzene rings is 2. The van der Waals surface area contributed by atoms with Gasteiger partial charge in [0.15, 0.2) is 11.5 Å². The highest BCUT2D eigenvalue weighted by molar-refractivity contribution is 5.56. The van der Waals surface area contributed by atoms with E-state index in [0.717, 1.165) is 22.4 Å². The Bertz CT molecular complexity index is 784. The Hall–Kier alpha value is -2.50. The summed E-state index contributed by atoms with van der Waals surface area (Å²) in [7, 11) is 1.51. The highest BCUT2D eigenvalue weighted by atomic mass is 16.5. The highest BCUT2D eigenvalue weighted by Crippen LogP contribution is 2.47. The van der Waals surface area contributed by atoms with Gasteiger partial charge in [0, 0.05) is 12.2 Å². The Morgan fingerprint density at radius 1 is 1.19 bits per heavy atom. The van der Waals surface area contributed by atoms with Gasteiger partial charge in [-0.05, 0) is 42.3 Å². The number of aliphatic hydroxyl groups excluding tert-OH is 1. The molecule has 2 aromatic carbocycles. The lowest BCUT2D eigenvalue weighted by atomic mass is 9.91. The molecule has 0 aromatic heterocycles. The molecule has 0 bridgehead atoms. The number of hydrogen-bond donors (Lipinski definition) is 2. The van der Waals surface area contributed by atoms with Crippen LogP contribution in [0.15, 0.2) is 42.5 Å². The van der Waals surface area contributed by atoms with E-state index in [1.165, 1.54) is 7.11 Å². The van der Waals surface area contributed by atoms with Gasteiger partial charge in [-0.25, -0.2) is 0 Å². The van der Waals surface area contributed by atoms with Gasteiger partial charge < -0.3 is 24.4 Å². The fraction of sp³-hybridized carbons (Fsp3) is 0.333. The van der Waals surface area contributed by atoms with Gasteiger partial charge >= 0.3 is 0 Å². The molecule has 1 aliphatic rings. The summed E-state index contributed by atoms with van der Waals surface area (Å²) in [5.74, 6) is 1.05. The van der Waals surface area contributed by atoms with Gasteiger partial charge in [0.25, 0.3) is 0 Å². The predicted octanol–water partition coefficient (Wildman–Crippen LogP) is 3.66. The van der Waals surface area contributed by atoms with Crippen LogP contribution in [0.2, 0.25) is 0 Å². The minimum Gasteiger partial charge on any atom is -0.504 e. The molecule has 0 aliphatic carbocycles. The zero-order valence-corrected chi connectivity index (χ0v) is 15.0. The number of rotatable bonds is 7. The normalized spacial score (nSPS) is 18.7. The van der Waals surface area contributed by atoms with E-state index in [-0.39, 0.29) is 24.4 Å². The number of phenols is 1. The monoisotopic (exact) mass is 356 g/mol. The minimum atomic E-state index is -0.327. The van der Waals surface area contributed by atoms with E-state index in [1.54, 1.807) is 18.2 Å². The smallest absolute Gasteiger partial charge is 0.160 e. The van der Waals surface area contributed by atoms with Gasteiger partial charge in [-0.3, -0.25) is 0 Å². The molecule has 1 heterocycles. The Balaban J connectivity index is 1.86. The summed E-state index contributed by atoms with van der Waals surface area (Å²) < 4.78 is 16.6. The topological polar surface area (TPSA) is 68.2 Å². The first kappa shape index (κ1) is 18.3. The van der Waals surface area contributed by atoms with Crippen molar-refractivity contribution in [3.05, 3.63) is 59.2 Å². The molecule has 0 radical (unpaired) electrons. The SMILES string of the molecule is CCOCC=Cc1ccc2c(c1)C(CO)C(c1ccc(O)c(OC)c1)O2. The van der Waals surface area contributed by atoms with E-state index < -0.39 is 0 Å². The van der Waals surface area contributed by atoms with Crippen LogP contribution in [-0.4, -0.2) is 37.1 Å². The largest absolute Gasteiger partial charge is 0.504 e. The summed E-state index contributed by atoms with van der Waals surface area (Å²) in [6.07, 6.45) is 3.64. The Labute approximate surface area is 153 Å². The molecule has 1 aliphatic heterocycles. The van der Waals surface area contributed by atoms with Gasteiger partial charge in [0.05, 0.1) is 26.2 Å². The summed E-state index contributed by atoms with van der Waals surface area (Å²) in [5, 5.41) is 19.8. The molecule has 26 heavy (non-hydrogen) atoms. The second kappa shape index (κ2) is 8.25. The Morgan fingerprint density at radius 3 is 2.77 bits per heavy atom. The zero-order chi connectivity index (χ0) is 18.5. The molecule has 2 aromatic rings. The van der Waals surface area contributed by atoms with E-state index in [9.17, 15) is 10.2 Å². The molecule has 0 fully saturated rings. The van der Waals surface area contributed by atoms with Crippen LogP contribution in [0, 0.1) is 0 Å². The van der Waals surface area contributed by atoms with E-state index >= 15 is 0 Å². The van der Waals surface area contributed by atoms with Gasteiger partial charge in [-0.2, -0.15) is 0 Å². The molecule has 2 N–H and O–H groups in total. The third kappa shape index (κ3) is 3.69. The fourth-order valence-electron chi connectivity index (χ4n) is 3.19. The molecule has 5 nitrogen and oxygen atoms in total. The summed E-state index contributed by atoms with van der Waals surface area (Å²) >= 11 is 0. The molecule has 0 amide bonds. The quantitative estimate of drug-likeness (QED) is 0.741. The average molecular weight is 356 g/mol. The van der Waals surface area contributed by atoms with E-state index in [2.05, 4.69) is 0 Å². The third-order valence-corrected chi connectivity index (χ3v) is 4.51. The van der Waals surface area contributed by atoms with Crippen LogP contribution < -0.4 is 9.47 Å². The van der Waals surface area contributed by atoms with Crippen LogP contribution in [0.25, 0.3) is 6.08 Å². The maximum absolute atomic E-state index is 9.96. The minimum absolute atomic E-state index is 0.0347. The number of methoxy groups -OCH3 is 1. The number of fused-ring (bicyclic) bond motifs is 1. The van der Waals surface area contributed by atoms with Crippen LogP contribution >= 0.6 is 0 Å². The van der Waals surface area contributed by atoms with Crippen LogP contribution in [0.3, 0.4) is 0 Å². The number of hydrogen-bond acceptors (Lipinski definition) is 5. The van der Waals surface area contributed by atoms with Crippen molar-refractivity contribution in [3.63, 3.8) is 0 Å². The number of ether oxygens (including phenoxy) is 3. The van der Waals surface area contributed by atoms with E-state index in [1.807, 2.05) is 37.3 Å². The van der Waals surface area contributed by atoms with Crippen molar-refractivity contribution in [2.24, 2.45) is 0 Å². The van der Waals surface area contributed by atoms with Crippen molar-refractivity contribution in [1.29, 1.82) is 0 Å². The molecule has 5 heteroatoms. The average Bonchev–Trinajstić information content (AvgIpc) is 3.03. The van der Waals surface area contributed by atoms with E-state index in [0.29, 0.717) is 19.0 Å². The number of aromatic hydroxyl groups is 1. The lowest BCUT2D eigenvalue weighted by Gasteiger charge is -2.18. The predicted molar refractivity (Wildman–Crippen MR) is 99.8 cm³/mol. The Kier molecular flexibility index (Phi) is 5.81. The molecule has 0 spiro atoms. The molecular formula is C21H24O5. The van der Waals surface area contributed by atoms with Gasteiger partial charge in [0.1, 0.15) is 11.9 Å². The summed E-state index contributed by atoms with van der Waals surface area (Å²) in [6.45, 7) is 3.19. The second-order valence-corrected chi connectivity index (χ2v) is 6.12. The van der Waals surface area contributed by atoms with Gasteiger partial charge in [0.2, 0.25) is 0 Å². The fourth-order valence-corrected chi connectivity index (χ4v) is 3.19. The zero-order valence-electron chi connectivity index (χ0n) is 15.0. The standard InChI is InChI=1S/C21H24O5/c1-3-25-10-4-5-14-6-9-19-16(11-14)17(13-22)21(26-19)15-7-8-18(23)20(12-15)24-2/h4-9,11-12,17,21-23H,3,10,13H2,1-2H3. The Morgan fingerprint density at radius 2 is 2.04 bits per heavy atom. The van der Waals surface area contributed by atoms with Crippen LogP contribution in [0.4, 0.5) is 0 Å². The first-order chi connectivity index (χ1) is 12.7. The van der Waals surface area contributed by atoms with Crippen LogP contribution in [0.1, 0.15) is 35.6 Å². The lowest BCUT2D eigenvalue weighted by molar-refractivity contribution is 0.159. The molecular weight excluding hydrogens is 332 g/mol.